The first-order valence-electron chi connectivity index (χ1n) is 6.08. The average molecular weight is 292 g/mol. The van der Waals surface area contributed by atoms with Gasteiger partial charge in [0.25, 0.3) is 0 Å². The zero-order valence-electron chi connectivity index (χ0n) is 11.0. The van der Waals surface area contributed by atoms with Gasteiger partial charge in [0.05, 0.1) is 6.04 Å². The van der Waals surface area contributed by atoms with E-state index < -0.39 is 0 Å². The van der Waals surface area contributed by atoms with Crippen LogP contribution in [0.25, 0.3) is 0 Å². The van der Waals surface area contributed by atoms with Crippen LogP contribution >= 0.6 is 12.4 Å². The van der Waals surface area contributed by atoms with E-state index in [0.717, 1.165) is 5.56 Å². The Hall–Kier alpha value is -1.97. The molecule has 0 aliphatic heterocycles. The highest BCUT2D eigenvalue weighted by atomic mass is 35.5. The van der Waals surface area contributed by atoms with Crippen LogP contribution in [-0.2, 0) is 6.61 Å². The van der Waals surface area contributed by atoms with Crippen LogP contribution in [0.1, 0.15) is 17.2 Å². The summed E-state index contributed by atoms with van der Waals surface area (Å²) in [7, 11) is 0. The maximum Gasteiger partial charge on any atom is 0.124 e. The summed E-state index contributed by atoms with van der Waals surface area (Å²) >= 11 is 0. The van der Waals surface area contributed by atoms with Crippen molar-refractivity contribution in [1.29, 1.82) is 0 Å². The second-order valence-corrected chi connectivity index (χ2v) is 4.26. The van der Waals surface area contributed by atoms with Crippen molar-refractivity contribution in [1.82, 2.24) is 0 Å². The first-order valence-corrected chi connectivity index (χ1v) is 6.08. The lowest BCUT2D eigenvalue weighted by Crippen LogP contribution is -2.06. The van der Waals surface area contributed by atoms with Gasteiger partial charge >= 0.3 is 0 Å². The molecule has 0 spiro atoms. The van der Waals surface area contributed by atoms with Gasteiger partial charge in [-0.1, -0.05) is 36.4 Å². The van der Waals surface area contributed by atoms with Gasteiger partial charge in [-0.3, -0.25) is 0 Å². The van der Waals surface area contributed by atoms with Gasteiger partial charge in [-0.15, -0.1) is 19.0 Å². The molecule has 0 saturated heterocycles. The van der Waals surface area contributed by atoms with Gasteiger partial charge in [-0.25, -0.2) is 0 Å². The molecule has 2 aromatic rings. The largest absolute Gasteiger partial charge is 0.507 e. The van der Waals surface area contributed by atoms with Gasteiger partial charge in [0.1, 0.15) is 18.1 Å². The van der Waals surface area contributed by atoms with Gasteiger partial charge in [0.15, 0.2) is 0 Å². The second kappa shape index (κ2) is 7.58. The molecule has 0 aromatic heterocycles. The molecular weight excluding hydrogens is 274 g/mol. The number of phenols is 1. The zero-order chi connectivity index (χ0) is 13.7. The third-order valence-electron chi connectivity index (χ3n) is 2.86. The van der Waals surface area contributed by atoms with Crippen molar-refractivity contribution in [2.24, 2.45) is 5.73 Å². The topological polar surface area (TPSA) is 55.5 Å². The zero-order valence-corrected chi connectivity index (χ0v) is 11.8. The van der Waals surface area contributed by atoms with Gasteiger partial charge in [0.2, 0.25) is 0 Å². The van der Waals surface area contributed by atoms with Gasteiger partial charge in [0, 0.05) is 11.6 Å². The number of phenolic OH excluding ortho intramolecular Hbond substituents is 1. The fourth-order valence-electron chi connectivity index (χ4n) is 1.76. The summed E-state index contributed by atoms with van der Waals surface area (Å²) < 4.78 is 5.61. The van der Waals surface area contributed by atoms with Crippen LogP contribution in [-0.4, -0.2) is 5.11 Å². The molecule has 2 rings (SSSR count). The van der Waals surface area contributed by atoms with E-state index in [1.165, 1.54) is 0 Å². The molecule has 0 radical (unpaired) electrons. The van der Waals surface area contributed by atoms with Crippen molar-refractivity contribution in [2.45, 2.75) is 12.6 Å². The third-order valence-corrected chi connectivity index (χ3v) is 2.86. The molecule has 0 amide bonds. The van der Waals surface area contributed by atoms with Crippen molar-refractivity contribution in [3.8, 4) is 11.5 Å². The highest BCUT2D eigenvalue weighted by Gasteiger charge is 2.08. The maximum absolute atomic E-state index is 9.88. The number of halogens is 1. The summed E-state index contributed by atoms with van der Waals surface area (Å²) in [5.41, 5.74) is 7.51. The molecule has 3 N–H and O–H groups in total. The molecule has 2 aromatic carbocycles. The van der Waals surface area contributed by atoms with Crippen LogP contribution in [0, 0.1) is 0 Å². The molecule has 106 valence electrons. The maximum atomic E-state index is 9.88. The van der Waals surface area contributed by atoms with Crippen LogP contribution in [0.4, 0.5) is 0 Å². The minimum atomic E-state index is -0.372. The fourth-order valence-corrected chi connectivity index (χ4v) is 1.76. The van der Waals surface area contributed by atoms with E-state index in [1.807, 2.05) is 30.3 Å². The summed E-state index contributed by atoms with van der Waals surface area (Å²) in [6.45, 7) is 4.07. The van der Waals surface area contributed by atoms with Crippen LogP contribution in [0.15, 0.2) is 61.2 Å². The Bertz CT molecular complexity index is 558. The van der Waals surface area contributed by atoms with Crippen LogP contribution in [0.2, 0.25) is 0 Å². The lowest BCUT2D eigenvalue weighted by molar-refractivity contribution is 0.304. The van der Waals surface area contributed by atoms with Gasteiger partial charge < -0.3 is 15.6 Å². The van der Waals surface area contributed by atoms with Crippen LogP contribution < -0.4 is 10.5 Å². The number of hydrogen-bond donors (Lipinski definition) is 2. The smallest absolute Gasteiger partial charge is 0.124 e. The molecule has 4 heteroatoms. The van der Waals surface area contributed by atoms with Crippen molar-refractivity contribution >= 4 is 12.4 Å². The average Bonchev–Trinajstić information content (AvgIpc) is 2.45. The third kappa shape index (κ3) is 4.02. The lowest BCUT2D eigenvalue weighted by atomic mass is 10.1. The summed E-state index contributed by atoms with van der Waals surface area (Å²) in [6.07, 6.45) is 1.58. The molecule has 3 nitrogen and oxygen atoms in total. The molecule has 0 bridgehead atoms. The number of benzene rings is 2. The van der Waals surface area contributed by atoms with Crippen LogP contribution in [0.5, 0.6) is 11.5 Å². The standard InChI is InChI=1S/C16H17NO2.ClH/c1-2-15(17)14-9-8-13(10-16(14)18)19-11-12-6-4-3-5-7-12;/h2-10,15,18H,1,11,17H2;1H/t15-;/m1./s1. The quantitative estimate of drug-likeness (QED) is 0.828. The first kappa shape index (κ1) is 16.1. The van der Waals surface area contributed by atoms with E-state index in [0.29, 0.717) is 17.9 Å². The highest BCUT2D eigenvalue weighted by Crippen LogP contribution is 2.28. The Balaban J connectivity index is 0.00000200. The van der Waals surface area contributed by atoms with E-state index in [-0.39, 0.29) is 24.2 Å². The minimum absolute atomic E-state index is 0. The summed E-state index contributed by atoms with van der Waals surface area (Å²) in [6, 6.07) is 14.6. The molecule has 20 heavy (non-hydrogen) atoms. The molecule has 0 saturated carbocycles. The Labute approximate surface area is 125 Å². The molecule has 0 aliphatic carbocycles. The lowest BCUT2D eigenvalue weighted by Gasteiger charge is -2.11. The number of hydrogen-bond acceptors (Lipinski definition) is 3. The SMILES string of the molecule is C=C[C@@H](N)c1ccc(OCc2ccccc2)cc1O.Cl. The number of nitrogens with two attached hydrogens (primary N) is 1. The number of rotatable bonds is 5. The first-order chi connectivity index (χ1) is 9.20. The van der Waals surface area contributed by atoms with Crippen molar-refractivity contribution in [3.63, 3.8) is 0 Å². The Morgan fingerprint density at radius 2 is 1.90 bits per heavy atom. The second-order valence-electron chi connectivity index (χ2n) is 4.26. The predicted molar refractivity (Wildman–Crippen MR) is 83.3 cm³/mol. The molecule has 0 unspecified atom stereocenters. The van der Waals surface area contributed by atoms with E-state index in [2.05, 4.69) is 6.58 Å². The minimum Gasteiger partial charge on any atom is -0.507 e. The normalized spacial score (nSPS) is 11.2. The van der Waals surface area contributed by atoms with E-state index in [4.69, 9.17) is 10.5 Å². The van der Waals surface area contributed by atoms with Crippen molar-refractivity contribution < 1.29 is 9.84 Å². The highest BCUT2D eigenvalue weighted by molar-refractivity contribution is 5.85. The summed E-state index contributed by atoms with van der Waals surface area (Å²) in [5.74, 6) is 0.735. The Kier molecular flexibility index (Phi) is 6.10. The van der Waals surface area contributed by atoms with Crippen molar-refractivity contribution in [3.05, 3.63) is 72.3 Å². The van der Waals surface area contributed by atoms with Gasteiger partial charge in [-0.2, -0.15) is 0 Å². The molecule has 1 atom stereocenters. The Morgan fingerprint density at radius 3 is 2.50 bits per heavy atom. The Morgan fingerprint density at radius 1 is 1.20 bits per heavy atom. The summed E-state index contributed by atoms with van der Waals surface area (Å²) in [4.78, 5) is 0. The molecular formula is C16H18ClNO2. The summed E-state index contributed by atoms with van der Waals surface area (Å²) in [5, 5.41) is 9.88. The van der Waals surface area contributed by atoms with Crippen LogP contribution in [0.3, 0.4) is 0 Å². The van der Waals surface area contributed by atoms with E-state index in [9.17, 15) is 5.11 Å². The van der Waals surface area contributed by atoms with Crippen molar-refractivity contribution in [2.75, 3.05) is 0 Å². The fraction of sp³-hybridized carbons (Fsp3) is 0.125. The van der Waals surface area contributed by atoms with E-state index >= 15 is 0 Å². The van der Waals surface area contributed by atoms with Gasteiger partial charge in [-0.05, 0) is 17.7 Å². The molecule has 0 fully saturated rings. The monoisotopic (exact) mass is 291 g/mol. The molecule has 0 aliphatic rings. The number of aromatic hydroxyl groups is 1. The number of ether oxygens (including phenoxy) is 1. The molecule has 0 heterocycles. The van der Waals surface area contributed by atoms with E-state index in [1.54, 1.807) is 24.3 Å². The predicted octanol–water partition coefficient (Wildman–Crippen LogP) is 3.58.